The third kappa shape index (κ3) is 2.22. The van der Waals surface area contributed by atoms with Crippen molar-refractivity contribution in [1.29, 1.82) is 0 Å². The lowest BCUT2D eigenvalue weighted by Crippen LogP contribution is -2.51. The molecule has 3 heterocycles. The molecule has 1 aromatic rings. The van der Waals surface area contributed by atoms with E-state index in [0.717, 1.165) is 25.9 Å². The molecule has 19 heavy (non-hydrogen) atoms. The van der Waals surface area contributed by atoms with Crippen LogP contribution < -0.4 is 5.73 Å². The largest absolute Gasteiger partial charge is 0.383 e. The summed E-state index contributed by atoms with van der Waals surface area (Å²) in [5, 5.41) is 0. The quantitative estimate of drug-likeness (QED) is 0.834. The van der Waals surface area contributed by atoms with Gasteiger partial charge in [0.25, 0.3) is 0 Å². The molecular formula is C12H18N4O2S. The third-order valence-electron chi connectivity index (χ3n) is 3.97. The van der Waals surface area contributed by atoms with Gasteiger partial charge in [-0.05, 0) is 31.5 Å². The Hall–Kier alpha value is -1.18. The second-order valence-corrected chi connectivity index (χ2v) is 6.99. The second-order valence-electron chi connectivity index (χ2n) is 5.08. The first kappa shape index (κ1) is 12.8. The van der Waals surface area contributed by atoms with Crippen molar-refractivity contribution in [2.75, 3.05) is 31.9 Å². The van der Waals surface area contributed by atoms with Gasteiger partial charge in [0, 0.05) is 31.9 Å². The number of anilines is 1. The van der Waals surface area contributed by atoms with Crippen molar-refractivity contribution in [3.63, 3.8) is 0 Å². The van der Waals surface area contributed by atoms with Gasteiger partial charge in [-0.25, -0.2) is 13.4 Å². The van der Waals surface area contributed by atoms with Gasteiger partial charge in [-0.3, -0.25) is 4.90 Å². The van der Waals surface area contributed by atoms with E-state index in [1.54, 1.807) is 10.4 Å². The number of aromatic nitrogens is 1. The predicted octanol–water partition coefficient (Wildman–Crippen LogP) is 0.132. The Balaban J connectivity index is 1.87. The number of nitrogens with two attached hydrogens (primary N) is 1. The first-order valence-electron chi connectivity index (χ1n) is 6.54. The fourth-order valence-electron chi connectivity index (χ4n) is 2.94. The van der Waals surface area contributed by atoms with Crippen molar-refractivity contribution < 1.29 is 8.42 Å². The number of sulfonamides is 1. The summed E-state index contributed by atoms with van der Waals surface area (Å²) >= 11 is 0. The van der Waals surface area contributed by atoms with Crippen molar-refractivity contribution >= 4 is 15.8 Å². The molecule has 2 saturated heterocycles. The number of nitrogens with zero attached hydrogens (tertiary/aromatic N) is 3. The van der Waals surface area contributed by atoms with Crippen LogP contribution in [0.15, 0.2) is 23.2 Å². The Bertz CT molecular complexity index is 575. The van der Waals surface area contributed by atoms with Crippen LogP contribution in [0.3, 0.4) is 0 Å². The normalized spacial score (nSPS) is 25.4. The van der Waals surface area contributed by atoms with Crippen molar-refractivity contribution in [2.24, 2.45) is 0 Å². The molecule has 7 heteroatoms. The van der Waals surface area contributed by atoms with Crippen LogP contribution in [-0.4, -0.2) is 54.8 Å². The zero-order valence-electron chi connectivity index (χ0n) is 10.7. The van der Waals surface area contributed by atoms with E-state index >= 15 is 0 Å². The van der Waals surface area contributed by atoms with E-state index in [9.17, 15) is 8.42 Å². The monoisotopic (exact) mass is 282 g/mol. The molecule has 2 N–H and O–H groups in total. The molecule has 0 spiro atoms. The minimum Gasteiger partial charge on any atom is -0.383 e. The summed E-state index contributed by atoms with van der Waals surface area (Å²) in [5.41, 5.74) is 5.69. The van der Waals surface area contributed by atoms with Gasteiger partial charge in [-0.1, -0.05) is 0 Å². The van der Waals surface area contributed by atoms with Gasteiger partial charge in [0.05, 0.1) is 0 Å². The van der Waals surface area contributed by atoms with Crippen LogP contribution in [0, 0.1) is 0 Å². The first-order chi connectivity index (χ1) is 9.09. The molecule has 1 unspecified atom stereocenters. The van der Waals surface area contributed by atoms with Crippen LogP contribution in [0.2, 0.25) is 0 Å². The number of hydrogen-bond donors (Lipinski definition) is 1. The van der Waals surface area contributed by atoms with Gasteiger partial charge >= 0.3 is 0 Å². The van der Waals surface area contributed by atoms with E-state index in [0.29, 0.717) is 19.1 Å². The fraction of sp³-hybridized carbons (Fsp3) is 0.583. The van der Waals surface area contributed by atoms with Gasteiger partial charge in [0.15, 0.2) is 0 Å². The molecule has 2 fully saturated rings. The maximum Gasteiger partial charge on any atom is 0.246 e. The summed E-state index contributed by atoms with van der Waals surface area (Å²) in [5.74, 6) is 0.0800. The Kier molecular flexibility index (Phi) is 3.20. The maximum absolute atomic E-state index is 12.6. The standard InChI is InChI=1S/C12H18N4O2S/c13-12-11(4-1-5-14-12)19(17,18)16-8-7-15-6-2-3-10(15)9-16/h1,4-5,10H,2-3,6-9H2,(H2,13,14). The zero-order chi connectivity index (χ0) is 13.5. The molecule has 0 amide bonds. The molecule has 6 nitrogen and oxygen atoms in total. The van der Waals surface area contributed by atoms with Gasteiger partial charge in [0.1, 0.15) is 10.7 Å². The number of rotatable bonds is 2. The van der Waals surface area contributed by atoms with E-state index in [4.69, 9.17) is 5.73 Å². The maximum atomic E-state index is 12.6. The number of nitrogen functional groups attached to an aromatic ring is 1. The molecule has 3 rings (SSSR count). The second kappa shape index (κ2) is 4.73. The fourth-order valence-corrected chi connectivity index (χ4v) is 4.48. The first-order valence-corrected chi connectivity index (χ1v) is 7.98. The van der Waals surface area contributed by atoms with Crippen molar-refractivity contribution in [3.8, 4) is 0 Å². The van der Waals surface area contributed by atoms with E-state index in [-0.39, 0.29) is 10.7 Å². The highest BCUT2D eigenvalue weighted by Crippen LogP contribution is 2.27. The van der Waals surface area contributed by atoms with Crippen molar-refractivity contribution in [3.05, 3.63) is 18.3 Å². The van der Waals surface area contributed by atoms with E-state index < -0.39 is 10.0 Å². The Morgan fingerprint density at radius 2 is 2.16 bits per heavy atom. The summed E-state index contributed by atoms with van der Waals surface area (Å²) in [6.45, 7) is 3.00. The summed E-state index contributed by atoms with van der Waals surface area (Å²) in [6.07, 6.45) is 3.74. The molecule has 0 saturated carbocycles. The lowest BCUT2D eigenvalue weighted by Gasteiger charge is -2.36. The summed E-state index contributed by atoms with van der Waals surface area (Å²) in [6, 6.07) is 3.50. The molecular weight excluding hydrogens is 264 g/mol. The van der Waals surface area contributed by atoms with Crippen LogP contribution in [0.5, 0.6) is 0 Å². The lowest BCUT2D eigenvalue weighted by molar-refractivity contribution is 0.158. The van der Waals surface area contributed by atoms with Crippen molar-refractivity contribution in [1.82, 2.24) is 14.2 Å². The van der Waals surface area contributed by atoms with E-state index in [1.807, 2.05) is 0 Å². The van der Waals surface area contributed by atoms with Gasteiger partial charge in [-0.15, -0.1) is 0 Å². The predicted molar refractivity (Wildman–Crippen MR) is 72.0 cm³/mol. The summed E-state index contributed by atoms with van der Waals surface area (Å²) in [7, 11) is -3.51. The topological polar surface area (TPSA) is 79.5 Å². The van der Waals surface area contributed by atoms with Crippen LogP contribution in [0.4, 0.5) is 5.82 Å². The average molecular weight is 282 g/mol. The highest BCUT2D eigenvalue weighted by molar-refractivity contribution is 7.89. The molecule has 0 radical (unpaired) electrons. The molecule has 2 aliphatic rings. The minimum absolute atomic E-state index is 0.0800. The third-order valence-corrected chi connectivity index (χ3v) is 5.88. The van der Waals surface area contributed by atoms with E-state index in [1.165, 1.54) is 12.3 Å². The Morgan fingerprint density at radius 3 is 2.95 bits per heavy atom. The Labute approximate surface area is 113 Å². The molecule has 0 aliphatic carbocycles. The summed E-state index contributed by atoms with van der Waals surface area (Å²) < 4.78 is 26.7. The van der Waals surface area contributed by atoms with Crippen LogP contribution in [0.25, 0.3) is 0 Å². The number of pyridine rings is 1. The Morgan fingerprint density at radius 1 is 1.32 bits per heavy atom. The summed E-state index contributed by atoms with van der Waals surface area (Å²) in [4.78, 5) is 6.37. The average Bonchev–Trinajstić information content (AvgIpc) is 2.86. The van der Waals surface area contributed by atoms with Gasteiger partial charge < -0.3 is 5.73 Å². The molecule has 1 atom stereocenters. The van der Waals surface area contributed by atoms with Gasteiger partial charge in [-0.2, -0.15) is 4.31 Å². The molecule has 0 bridgehead atoms. The smallest absolute Gasteiger partial charge is 0.246 e. The zero-order valence-corrected chi connectivity index (χ0v) is 11.5. The molecule has 104 valence electrons. The van der Waals surface area contributed by atoms with Gasteiger partial charge in [0.2, 0.25) is 10.0 Å². The number of hydrogen-bond acceptors (Lipinski definition) is 5. The lowest BCUT2D eigenvalue weighted by atomic mass is 10.2. The van der Waals surface area contributed by atoms with Crippen LogP contribution >= 0.6 is 0 Å². The highest BCUT2D eigenvalue weighted by atomic mass is 32.2. The number of piperazine rings is 1. The highest BCUT2D eigenvalue weighted by Gasteiger charge is 2.36. The van der Waals surface area contributed by atoms with Crippen LogP contribution in [-0.2, 0) is 10.0 Å². The van der Waals surface area contributed by atoms with Crippen molar-refractivity contribution in [2.45, 2.75) is 23.8 Å². The SMILES string of the molecule is Nc1ncccc1S(=O)(=O)N1CCN2CCCC2C1. The minimum atomic E-state index is -3.51. The molecule has 2 aliphatic heterocycles. The molecule has 1 aromatic heterocycles. The molecule has 0 aromatic carbocycles. The number of fused-ring (bicyclic) bond motifs is 1. The van der Waals surface area contributed by atoms with Crippen LogP contribution in [0.1, 0.15) is 12.8 Å². The van der Waals surface area contributed by atoms with E-state index in [2.05, 4.69) is 9.88 Å².